The SMILES string of the molecule is CN(C)CCN(C)S(=O)(=O)c1ccc(C#CCN)cc1Cl. The summed E-state index contributed by atoms with van der Waals surface area (Å²) in [6, 6.07) is 4.64. The summed E-state index contributed by atoms with van der Waals surface area (Å²) < 4.78 is 26.2. The molecule has 1 aromatic carbocycles. The Labute approximate surface area is 131 Å². The van der Waals surface area contributed by atoms with Crippen LogP contribution in [0, 0.1) is 11.8 Å². The minimum atomic E-state index is -3.60. The van der Waals surface area contributed by atoms with Gasteiger partial charge in [0, 0.05) is 25.7 Å². The first-order chi connectivity index (χ1) is 9.78. The molecular weight excluding hydrogens is 310 g/mol. The van der Waals surface area contributed by atoms with Crippen molar-refractivity contribution in [1.29, 1.82) is 0 Å². The molecule has 0 saturated heterocycles. The molecule has 0 bridgehead atoms. The second-order valence-electron chi connectivity index (χ2n) is 4.78. The van der Waals surface area contributed by atoms with Gasteiger partial charge in [-0.1, -0.05) is 23.4 Å². The molecule has 7 heteroatoms. The van der Waals surface area contributed by atoms with Crippen molar-refractivity contribution in [2.24, 2.45) is 5.73 Å². The molecule has 0 saturated carbocycles. The lowest BCUT2D eigenvalue weighted by Crippen LogP contribution is -2.33. The molecule has 1 aromatic rings. The molecule has 0 aliphatic heterocycles. The van der Waals surface area contributed by atoms with Gasteiger partial charge in [-0.3, -0.25) is 0 Å². The molecule has 21 heavy (non-hydrogen) atoms. The van der Waals surface area contributed by atoms with Crippen LogP contribution in [-0.2, 0) is 10.0 Å². The average molecular weight is 330 g/mol. The van der Waals surface area contributed by atoms with E-state index in [-0.39, 0.29) is 16.5 Å². The summed E-state index contributed by atoms with van der Waals surface area (Å²) in [6.45, 7) is 1.26. The number of hydrogen-bond acceptors (Lipinski definition) is 4. The number of rotatable bonds is 5. The first-order valence-electron chi connectivity index (χ1n) is 6.38. The van der Waals surface area contributed by atoms with Gasteiger partial charge in [0.15, 0.2) is 0 Å². The van der Waals surface area contributed by atoms with Gasteiger partial charge in [0.05, 0.1) is 11.6 Å². The van der Waals surface area contributed by atoms with Crippen LogP contribution in [0.15, 0.2) is 23.1 Å². The fourth-order valence-electron chi connectivity index (χ4n) is 1.57. The van der Waals surface area contributed by atoms with Crippen molar-refractivity contribution in [2.75, 3.05) is 40.8 Å². The maximum Gasteiger partial charge on any atom is 0.244 e. The van der Waals surface area contributed by atoms with E-state index in [0.717, 1.165) is 0 Å². The minimum Gasteiger partial charge on any atom is -0.320 e. The van der Waals surface area contributed by atoms with Crippen molar-refractivity contribution in [2.45, 2.75) is 4.90 Å². The normalized spacial score (nSPS) is 11.6. The number of nitrogens with two attached hydrogens (primary N) is 1. The number of likely N-dealkylation sites (N-methyl/N-ethyl adjacent to an activating group) is 2. The summed E-state index contributed by atoms with van der Waals surface area (Å²) in [6.07, 6.45) is 0. The van der Waals surface area contributed by atoms with E-state index in [1.165, 1.54) is 23.5 Å². The number of hydrogen-bond donors (Lipinski definition) is 1. The van der Waals surface area contributed by atoms with Crippen molar-refractivity contribution in [1.82, 2.24) is 9.21 Å². The highest BCUT2D eigenvalue weighted by Crippen LogP contribution is 2.24. The van der Waals surface area contributed by atoms with E-state index in [1.807, 2.05) is 19.0 Å². The molecule has 0 aromatic heterocycles. The fraction of sp³-hybridized carbons (Fsp3) is 0.429. The fourth-order valence-corrected chi connectivity index (χ4v) is 3.25. The van der Waals surface area contributed by atoms with Crippen molar-refractivity contribution in [3.63, 3.8) is 0 Å². The minimum absolute atomic E-state index is 0.0868. The molecule has 116 valence electrons. The third kappa shape index (κ3) is 4.99. The standard InChI is InChI=1S/C14H20ClN3O2S/c1-17(2)9-10-18(3)21(19,20)14-7-6-12(5-4-8-16)11-13(14)15/h6-7,11H,8-10,16H2,1-3H3. The van der Waals surface area contributed by atoms with Gasteiger partial charge in [0.25, 0.3) is 0 Å². The van der Waals surface area contributed by atoms with E-state index in [9.17, 15) is 8.42 Å². The Bertz CT molecular complexity index is 648. The zero-order valence-corrected chi connectivity index (χ0v) is 14.0. The van der Waals surface area contributed by atoms with Gasteiger partial charge in [-0.25, -0.2) is 8.42 Å². The smallest absolute Gasteiger partial charge is 0.244 e. The van der Waals surface area contributed by atoms with Gasteiger partial charge in [-0.2, -0.15) is 4.31 Å². The molecule has 0 amide bonds. The van der Waals surface area contributed by atoms with Gasteiger partial charge in [-0.15, -0.1) is 0 Å². The van der Waals surface area contributed by atoms with E-state index in [0.29, 0.717) is 18.7 Å². The third-order valence-corrected chi connectivity index (χ3v) is 5.16. The van der Waals surface area contributed by atoms with E-state index in [1.54, 1.807) is 6.07 Å². The molecule has 0 unspecified atom stereocenters. The Morgan fingerprint density at radius 3 is 2.43 bits per heavy atom. The quantitative estimate of drug-likeness (QED) is 0.813. The highest BCUT2D eigenvalue weighted by Gasteiger charge is 2.23. The van der Waals surface area contributed by atoms with Crippen LogP contribution in [0.2, 0.25) is 5.02 Å². The van der Waals surface area contributed by atoms with Gasteiger partial charge >= 0.3 is 0 Å². The first-order valence-corrected chi connectivity index (χ1v) is 8.20. The predicted molar refractivity (Wildman–Crippen MR) is 85.8 cm³/mol. The number of benzene rings is 1. The van der Waals surface area contributed by atoms with Crippen LogP contribution in [0.1, 0.15) is 5.56 Å². The van der Waals surface area contributed by atoms with Crippen LogP contribution < -0.4 is 5.73 Å². The van der Waals surface area contributed by atoms with Gasteiger partial charge in [-0.05, 0) is 32.3 Å². The molecule has 5 nitrogen and oxygen atoms in total. The monoisotopic (exact) mass is 329 g/mol. The summed E-state index contributed by atoms with van der Waals surface area (Å²) >= 11 is 6.08. The molecule has 0 aliphatic rings. The topological polar surface area (TPSA) is 66.6 Å². The van der Waals surface area contributed by atoms with Gasteiger partial charge in [0.1, 0.15) is 4.90 Å². The van der Waals surface area contributed by atoms with E-state index >= 15 is 0 Å². The van der Waals surface area contributed by atoms with Crippen LogP contribution in [0.25, 0.3) is 0 Å². The van der Waals surface area contributed by atoms with Crippen LogP contribution in [0.4, 0.5) is 0 Å². The predicted octanol–water partition coefficient (Wildman–Crippen LogP) is 0.832. The lowest BCUT2D eigenvalue weighted by atomic mass is 10.2. The molecule has 0 fully saturated rings. The Kier molecular flexibility index (Phi) is 6.65. The van der Waals surface area contributed by atoms with Crippen molar-refractivity contribution in [3.05, 3.63) is 28.8 Å². The second kappa shape index (κ2) is 7.78. The third-order valence-electron chi connectivity index (χ3n) is 2.82. The number of sulfonamides is 1. The van der Waals surface area contributed by atoms with E-state index < -0.39 is 10.0 Å². The maximum atomic E-state index is 12.5. The molecule has 0 aliphatic carbocycles. The van der Waals surface area contributed by atoms with E-state index in [2.05, 4.69) is 11.8 Å². The number of halogens is 1. The molecule has 0 heterocycles. The second-order valence-corrected chi connectivity index (χ2v) is 7.20. The lowest BCUT2D eigenvalue weighted by molar-refractivity contribution is 0.358. The zero-order chi connectivity index (χ0) is 16.0. The molecule has 0 radical (unpaired) electrons. The highest BCUT2D eigenvalue weighted by atomic mass is 35.5. The molecule has 1 rings (SSSR count). The molecule has 0 spiro atoms. The summed E-state index contributed by atoms with van der Waals surface area (Å²) in [5.74, 6) is 5.52. The van der Waals surface area contributed by atoms with Crippen molar-refractivity contribution >= 4 is 21.6 Å². The molecular formula is C14H20ClN3O2S. The van der Waals surface area contributed by atoms with Crippen LogP contribution in [0.3, 0.4) is 0 Å². The Morgan fingerprint density at radius 2 is 1.90 bits per heavy atom. The van der Waals surface area contributed by atoms with Gasteiger partial charge in [0.2, 0.25) is 10.0 Å². The number of nitrogens with zero attached hydrogens (tertiary/aromatic N) is 2. The summed E-state index contributed by atoms with van der Waals surface area (Å²) in [5, 5.41) is 0.163. The lowest BCUT2D eigenvalue weighted by Gasteiger charge is -2.20. The Morgan fingerprint density at radius 1 is 1.24 bits per heavy atom. The average Bonchev–Trinajstić information content (AvgIpc) is 2.42. The van der Waals surface area contributed by atoms with Crippen LogP contribution in [0.5, 0.6) is 0 Å². The maximum absolute atomic E-state index is 12.5. The molecule has 2 N–H and O–H groups in total. The summed E-state index contributed by atoms with van der Waals surface area (Å²) in [5.41, 5.74) is 5.94. The van der Waals surface area contributed by atoms with Crippen LogP contribution in [-0.4, -0.2) is 58.4 Å². The van der Waals surface area contributed by atoms with Crippen molar-refractivity contribution in [3.8, 4) is 11.8 Å². The molecule has 0 atom stereocenters. The highest BCUT2D eigenvalue weighted by molar-refractivity contribution is 7.89. The zero-order valence-electron chi connectivity index (χ0n) is 12.4. The largest absolute Gasteiger partial charge is 0.320 e. The Balaban J connectivity index is 3.03. The van der Waals surface area contributed by atoms with E-state index in [4.69, 9.17) is 17.3 Å². The van der Waals surface area contributed by atoms with Crippen LogP contribution >= 0.6 is 11.6 Å². The first kappa shape index (κ1) is 18.0. The van der Waals surface area contributed by atoms with Gasteiger partial charge < -0.3 is 10.6 Å². The van der Waals surface area contributed by atoms with Crippen molar-refractivity contribution < 1.29 is 8.42 Å². The summed E-state index contributed by atoms with van der Waals surface area (Å²) in [7, 11) is 1.71. The Hall–Kier alpha value is -1.10. The summed E-state index contributed by atoms with van der Waals surface area (Å²) in [4.78, 5) is 2.00.